The Kier molecular flexibility index (Phi) is 5.06. The number of quaternary nitrogens is 1. The van der Waals surface area contributed by atoms with E-state index < -0.39 is 0 Å². The molecule has 0 aromatic heterocycles. The molecule has 1 heterocycles. The Labute approximate surface area is 121 Å². The SMILES string of the molecule is COc1ccc(N2CC[N+](C)(C)CC2)cc1.[I-]. The first kappa shape index (κ1) is 14.6. The lowest BCUT2D eigenvalue weighted by Crippen LogP contribution is -3.00. The normalized spacial score (nSPS) is 18.4. The molecule has 0 bridgehead atoms. The fourth-order valence-corrected chi connectivity index (χ4v) is 2.06. The molecular formula is C13H21IN2O. The van der Waals surface area contributed by atoms with Gasteiger partial charge in [-0.3, -0.25) is 0 Å². The number of nitrogens with zero attached hydrogens (tertiary/aromatic N) is 2. The second-order valence-corrected chi connectivity index (χ2v) is 5.07. The van der Waals surface area contributed by atoms with Gasteiger partial charge in [-0.15, -0.1) is 0 Å². The van der Waals surface area contributed by atoms with Crippen molar-refractivity contribution in [3.63, 3.8) is 0 Å². The van der Waals surface area contributed by atoms with Crippen LogP contribution in [-0.4, -0.2) is 51.9 Å². The fraction of sp³-hybridized carbons (Fsp3) is 0.538. The molecule has 17 heavy (non-hydrogen) atoms. The third kappa shape index (κ3) is 3.74. The highest BCUT2D eigenvalue weighted by molar-refractivity contribution is 5.49. The molecule has 0 aliphatic carbocycles. The van der Waals surface area contributed by atoms with Gasteiger partial charge in [-0.05, 0) is 24.3 Å². The number of anilines is 1. The molecule has 0 spiro atoms. The van der Waals surface area contributed by atoms with Crippen molar-refractivity contribution >= 4 is 5.69 Å². The van der Waals surface area contributed by atoms with Crippen LogP contribution in [0.1, 0.15) is 0 Å². The molecule has 3 nitrogen and oxygen atoms in total. The fourth-order valence-electron chi connectivity index (χ4n) is 2.06. The number of benzene rings is 1. The molecule has 0 atom stereocenters. The highest BCUT2D eigenvalue weighted by Crippen LogP contribution is 2.21. The smallest absolute Gasteiger partial charge is 0.119 e. The summed E-state index contributed by atoms with van der Waals surface area (Å²) in [5.74, 6) is 0.928. The number of rotatable bonds is 2. The number of piperazine rings is 1. The molecule has 1 fully saturated rings. The Morgan fingerprint density at radius 3 is 2.06 bits per heavy atom. The Bertz CT molecular complexity index is 341. The molecule has 1 aromatic carbocycles. The number of ether oxygens (including phenoxy) is 1. The van der Waals surface area contributed by atoms with Gasteiger partial charge in [-0.2, -0.15) is 0 Å². The predicted octanol–water partition coefficient (Wildman–Crippen LogP) is -1.40. The van der Waals surface area contributed by atoms with Gasteiger partial charge in [-0.1, -0.05) is 0 Å². The first-order valence-electron chi connectivity index (χ1n) is 5.82. The van der Waals surface area contributed by atoms with Gasteiger partial charge >= 0.3 is 0 Å². The summed E-state index contributed by atoms with van der Waals surface area (Å²) < 4.78 is 6.30. The molecule has 0 unspecified atom stereocenters. The largest absolute Gasteiger partial charge is 1.00 e. The number of hydrogen-bond acceptors (Lipinski definition) is 2. The third-order valence-corrected chi connectivity index (χ3v) is 3.39. The molecule has 4 heteroatoms. The van der Waals surface area contributed by atoms with Crippen molar-refractivity contribution in [2.45, 2.75) is 0 Å². The summed E-state index contributed by atoms with van der Waals surface area (Å²) in [5.41, 5.74) is 1.31. The van der Waals surface area contributed by atoms with Gasteiger partial charge in [0.1, 0.15) is 5.75 Å². The summed E-state index contributed by atoms with van der Waals surface area (Å²) in [4.78, 5) is 2.45. The van der Waals surface area contributed by atoms with Crippen molar-refractivity contribution in [3.05, 3.63) is 24.3 Å². The topological polar surface area (TPSA) is 12.5 Å². The number of likely N-dealkylation sites (N-methyl/N-ethyl adjacent to an activating group) is 1. The van der Waals surface area contributed by atoms with E-state index in [1.807, 2.05) is 12.1 Å². The van der Waals surface area contributed by atoms with E-state index in [1.54, 1.807) is 7.11 Å². The van der Waals surface area contributed by atoms with E-state index in [4.69, 9.17) is 4.74 Å². The molecule has 0 amide bonds. The van der Waals surface area contributed by atoms with Gasteiger partial charge in [0.25, 0.3) is 0 Å². The quantitative estimate of drug-likeness (QED) is 0.481. The zero-order chi connectivity index (χ0) is 11.6. The Hall–Kier alpha value is -0.490. The van der Waals surface area contributed by atoms with E-state index in [0.29, 0.717) is 0 Å². The lowest BCUT2D eigenvalue weighted by Gasteiger charge is -2.40. The van der Waals surface area contributed by atoms with Crippen LogP contribution in [0.2, 0.25) is 0 Å². The maximum atomic E-state index is 5.17. The Morgan fingerprint density at radius 1 is 1.06 bits per heavy atom. The summed E-state index contributed by atoms with van der Waals surface area (Å²) >= 11 is 0. The summed E-state index contributed by atoms with van der Waals surface area (Å²) in [5, 5.41) is 0. The Balaban J connectivity index is 0.00000144. The minimum Gasteiger partial charge on any atom is -1.00 e. The molecule has 0 saturated carbocycles. The lowest BCUT2D eigenvalue weighted by molar-refractivity contribution is -0.890. The summed E-state index contributed by atoms with van der Waals surface area (Å²) in [7, 11) is 6.30. The van der Waals surface area contributed by atoms with Crippen LogP contribution in [0.25, 0.3) is 0 Å². The van der Waals surface area contributed by atoms with Gasteiger partial charge in [0, 0.05) is 5.69 Å². The van der Waals surface area contributed by atoms with Crippen LogP contribution in [0.3, 0.4) is 0 Å². The van der Waals surface area contributed by atoms with Crippen LogP contribution >= 0.6 is 0 Å². The first-order valence-corrected chi connectivity index (χ1v) is 5.82. The molecule has 2 rings (SSSR count). The van der Waals surface area contributed by atoms with Crippen molar-refractivity contribution in [3.8, 4) is 5.75 Å². The highest BCUT2D eigenvalue weighted by Gasteiger charge is 2.24. The second kappa shape index (κ2) is 5.91. The monoisotopic (exact) mass is 348 g/mol. The number of halogens is 1. The van der Waals surface area contributed by atoms with Crippen molar-refractivity contribution in [1.29, 1.82) is 0 Å². The van der Waals surface area contributed by atoms with E-state index in [0.717, 1.165) is 23.3 Å². The second-order valence-electron chi connectivity index (χ2n) is 5.07. The van der Waals surface area contributed by atoms with E-state index in [9.17, 15) is 0 Å². The van der Waals surface area contributed by atoms with Gasteiger partial charge in [0.2, 0.25) is 0 Å². The van der Waals surface area contributed by atoms with Crippen LogP contribution in [0.4, 0.5) is 5.69 Å². The van der Waals surface area contributed by atoms with E-state index >= 15 is 0 Å². The highest BCUT2D eigenvalue weighted by atomic mass is 127. The minimum absolute atomic E-state index is 0. The van der Waals surface area contributed by atoms with Crippen molar-refractivity contribution < 1.29 is 33.2 Å². The predicted molar refractivity (Wildman–Crippen MR) is 67.0 cm³/mol. The van der Waals surface area contributed by atoms with Gasteiger partial charge < -0.3 is 38.1 Å². The minimum atomic E-state index is 0. The standard InChI is InChI=1S/C13H21N2O.HI/c1-15(2)10-8-14(9-11-15)12-4-6-13(16-3)7-5-12;/h4-7H,8-11H2,1-3H3;1H/q+1;/p-1. The molecule has 1 aliphatic heterocycles. The lowest BCUT2D eigenvalue weighted by atomic mass is 10.2. The summed E-state index contributed by atoms with van der Waals surface area (Å²) in [6.45, 7) is 4.71. The van der Waals surface area contributed by atoms with E-state index in [1.165, 1.54) is 18.8 Å². The average molecular weight is 348 g/mol. The van der Waals surface area contributed by atoms with Gasteiger partial charge in [0.05, 0.1) is 47.4 Å². The molecule has 1 aromatic rings. The number of hydrogen-bond donors (Lipinski definition) is 0. The number of methoxy groups -OCH3 is 1. The molecule has 0 N–H and O–H groups in total. The van der Waals surface area contributed by atoms with Crippen LogP contribution in [0.5, 0.6) is 5.75 Å². The van der Waals surface area contributed by atoms with Gasteiger partial charge in [-0.25, -0.2) is 0 Å². The van der Waals surface area contributed by atoms with Crippen LogP contribution < -0.4 is 33.6 Å². The molecule has 0 radical (unpaired) electrons. The van der Waals surface area contributed by atoms with Gasteiger partial charge in [0.15, 0.2) is 0 Å². The molecule has 1 aliphatic rings. The van der Waals surface area contributed by atoms with Crippen LogP contribution in [0.15, 0.2) is 24.3 Å². The average Bonchev–Trinajstić information content (AvgIpc) is 2.29. The zero-order valence-electron chi connectivity index (χ0n) is 10.8. The zero-order valence-corrected chi connectivity index (χ0v) is 13.0. The Morgan fingerprint density at radius 2 is 1.59 bits per heavy atom. The maximum absolute atomic E-state index is 5.17. The van der Waals surface area contributed by atoms with Crippen molar-refractivity contribution in [1.82, 2.24) is 0 Å². The van der Waals surface area contributed by atoms with Crippen molar-refractivity contribution in [2.75, 3.05) is 52.3 Å². The molecular weight excluding hydrogens is 327 g/mol. The van der Waals surface area contributed by atoms with Crippen LogP contribution in [-0.2, 0) is 0 Å². The summed E-state index contributed by atoms with van der Waals surface area (Å²) in [6, 6.07) is 8.35. The van der Waals surface area contributed by atoms with E-state index in [-0.39, 0.29) is 24.0 Å². The molecule has 1 saturated heterocycles. The third-order valence-electron chi connectivity index (χ3n) is 3.39. The van der Waals surface area contributed by atoms with Crippen molar-refractivity contribution in [2.24, 2.45) is 0 Å². The summed E-state index contributed by atoms with van der Waals surface area (Å²) in [6.07, 6.45) is 0. The van der Waals surface area contributed by atoms with Crippen LogP contribution in [0, 0.1) is 0 Å². The van der Waals surface area contributed by atoms with E-state index in [2.05, 4.69) is 31.1 Å². The molecule has 96 valence electrons. The maximum Gasteiger partial charge on any atom is 0.119 e. The first-order chi connectivity index (χ1) is 7.61.